The average molecular weight is 237 g/mol. The van der Waals surface area contributed by atoms with Crippen LogP contribution in [0.25, 0.3) is 0 Å². The van der Waals surface area contributed by atoms with Crippen molar-refractivity contribution >= 4 is 12.1 Å². The SMILES string of the molecule is C=CCOC(=O)N[C@@H]1C2C=CC(C2)[C@H]1C(=O)O. The molecule has 0 spiro atoms. The molecule has 2 aliphatic rings. The summed E-state index contributed by atoms with van der Waals surface area (Å²) >= 11 is 0. The lowest BCUT2D eigenvalue weighted by atomic mass is 9.89. The number of rotatable bonds is 4. The number of allylic oxidation sites excluding steroid dienone is 1. The van der Waals surface area contributed by atoms with Crippen molar-refractivity contribution < 1.29 is 19.4 Å². The van der Waals surface area contributed by atoms with Crippen molar-refractivity contribution in [3.63, 3.8) is 0 Å². The Balaban J connectivity index is 1.99. The molecule has 5 heteroatoms. The van der Waals surface area contributed by atoms with Crippen LogP contribution >= 0.6 is 0 Å². The van der Waals surface area contributed by atoms with Gasteiger partial charge in [0.1, 0.15) is 6.61 Å². The Labute approximate surface area is 99.1 Å². The van der Waals surface area contributed by atoms with Crippen LogP contribution in [0, 0.1) is 17.8 Å². The average Bonchev–Trinajstić information content (AvgIpc) is 2.86. The third-order valence-corrected chi connectivity index (χ3v) is 3.36. The first-order chi connectivity index (χ1) is 8.13. The highest BCUT2D eigenvalue weighted by Crippen LogP contribution is 2.43. The molecule has 1 saturated carbocycles. The normalized spacial score (nSPS) is 33.4. The van der Waals surface area contributed by atoms with E-state index < -0.39 is 18.0 Å². The lowest BCUT2D eigenvalue weighted by Gasteiger charge is -2.25. The highest BCUT2D eigenvalue weighted by Gasteiger charge is 2.49. The van der Waals surface area contributed by atoms with Crippen molar-refractivity contribution in [3.05, 3.63) is 24.8 Å². The van der Waals surface area contributed by atoms with Crippen LogP contribution in [0.3, 0.4) is 0 Å². The van der Waals surface area contributed by atoms with Gasteiger partial charge in [0, 0.05) is 0 Å². The lowest BCUT2D eigenvalue weighted by molar-refractivity contribution is -0.143. The molecule has 0 aromatic carbocycles. The number of carbonyl (C=O) groups is 2. The van der Waals surface area contributed by atoms with E-state index in [1.165, 1.54) is 6.08 Å². The first-order valence-electron chi connectivity index (χ1n) is 5.58. The van der Waals surface area contributed by atoms with Crippen LogP contribution in [0.2, 0.25) is 0 Å². The fourth-order valence-electron chi connectivity index (χ4n) is 2.67. The van der Waals surface area contributed by atoms with Crippen molar-refractivity contribution in [3.8, 4) is 0 Å². The monoisotopic (exact) mass is 237 g/mol. The minimum Gasteiger partial charge on any atom is -0.481 e. The molecule has 2 unspecified atom stereocenters. The molecule has 92 valence electrons. The van der Waals surface area contributed by atoms with E-state index in [0.29, 0.717) is 0 Å². The Morgan fingerprint density at radius 2 is 2.18 bits per heavy atom. The van der Waals surface area contributed by atoms with Crippen molar-refractivity contribution in [2.75, 3.05) is 6.61 Å². The third kappa shape index (κ3) is 2.18. The number of fused-ring (bicyclic) bond motifs is 2. The largest absolute Gasteiger partial charge is 0.481 e. The van der Waals surface area contributed by atoms with Gasteiger partial charge in [-0.2, -0.15) is 0 Å². The van der Waals surface area contributed by atoms with Gasteiger partial charge in [-0.25, -0.2) is 4.79 Å². The predicted molar refractivity (Wildman–Crippen MR) is 60.3 cm³/mol. The van der Waals surface area contributed by atoms with Gasteiger partial charge in [-0.05, 0) is 18.3 Å². The van der Waals surface area contributed by atoms with E-state index >= 15 is 0 Å². The summed E-state index contributed by atoms with van der Waals surface area (Å²) in [4.78, 5) is 22.6. The molecule has 0 aromatic heterocycles. The van der Waals surface area contributed by atoms with Crippen molar-refractivity contribution in [1.82, 2.24) is 5.32 Å². The summed E-state index contributed by atoms with van der Waals surface area (Å²) in [7, 11) is 0. The number of carboxylic acids is 1. The predicted octanol–water partition coefficient (Wildman–Crippen LogP) is 1.17. The van der Waals surface area contributed by atoms with Gasteiger partial charge < -0.3 is 15.2 Å². The molecule has 2 rings (SSSR count). The zero-order valence-corrected chi connectivity index (χ0v) is 9.33. The van der Waals surface area contributed by atoms with Crippen LogP contribution in [-0.4, -0.2) is 29.8 Å². The molecule has 5 nitrogen and oxygen atoms in total. The Kier molecular flexibility index (Phi) is 3.17. The van der Waals surface area contributed by atoms with E-state index in [1.807, 2.05) is 12.2 Å². The number of aliphatic carboxylic acids is 1. The molecule has 0 aromatic rings. The van der Waals surface area contributed by atoms with E-state index in [9.17, 15) is 9.59 Å². The number of ether oxygens (including phenoxy) is 1. The first kappa shape index (κ1) is 11.7. The van der Waals surface area contributed by atoms with Gasteiger partial charge in [-0.15, -0.1) is 0 Å². The quantitative estimate of drug-likeness (QED) is 0.720. The summed E-state index contributed by atoms with van der Waals surface area (Å²) in [5, 5.41) is 11.8. The standard InChI is InChI=1S/C12H15NO4/c1-2-5-17-12(16)13-10-8-4-3-7(6-8)9(10)11(14)15/h2-4,7-10H,1,5-6H2,(H,13,16)(H,14,15)/t7?,8?,9-,10-/m1/s1. The van der Waals surface area contributed by atoms with E-state index in [-0.39, 0.29) is 24.5 Å². The van der Waals surface area contributed by atoms with Crippen LogP contribution in [0.1, 0.15) is 6.42 Å². The minimum atomic E-state index is -0.865. The molecule has 0 saturated heterocycles. The van der Waals surface area contributed by atoms with Gasteiger partial charge in [0.2, 0.25) is 0 Å². The molecular weight excluding hydrogens is 222 g/mol. The van der Waals surface area contributed by atoms with Gasteiger partial charge in [-0.3, -0.25) is 4.79 Å². The second-order valence-corrected chi connectivity index (χ2v) is 4.37. The Morgan fingerprint density at radius 3 is 2.82 bits per heavy atom. The number of nitrogens with one attached hydrogen (secondary N) is 1. The number of amides is 1. The molecule has 1 fully saturated rings. The highest BCUT2D eigenvalue weighted by molar-refractivity contribution is 5.75. The number of carbonyl (C=O) groups excluding carboxylic acids is 1. The summed E-state index contributed by atoms with van der Waals surface area (Å²) in [5.74, 6) is -1.27. The van der Waals surface area contributed by atoms with Gasteiger partial charge in [0.25, 0.3) is 0 Å². The molecule has 0 radical (unpaired) electrons. The van der Waals surface area contributed by atoms with Crippen LogP contribution in [0.4, 0.5) is 4.79 Å². The maximum atomic E-state index is 11.4. The number of hydrogen-bond donors (Lipinski definition) is 2. The Morgan fingerprint density at radius 1 is 1.47 bits per heavy atom. The van der Waals surface area contributed by atoms with Crippen LogP contribution in [-0.2, 0) is 9.53 Å². The van der Waals surface area contributed by atoms with Crippen molar-refractivity contribution in [2.45, 2.75) is 12.5 Å². The fraction of sp³-hybridized carbons (Fsp3) is 0.500. The molecular formula is C12H15NO4. The lowest BCUT2D eigenvalue weighted by Crippen LogP contribution is -2.45. The molecule has 17 heavy (non-hydrogen) atoms. The maximum absolute atomic E-state index is 11.4. The van der Waals surface area contributed by atoms with Crippen LogP contribution in [0.5, 0.6) is 0 Å². The second kappa shape index (κ2) is 4.61. The number of alkyl carbamates (subject to hydrolysis) is 1. The van der Waals surface area contributed by atoms with E-state index in [2.05, 4.69) is 11.9 Å². The zero-order chi connectivity index (χ0) is 12.4. The van der Waals surface area contributed by atoms with E-state index in [4.69, 9.17) is 9.84 Å². The molecule has 2 aliphatic carbocycles. The number of carboxylic acid groups (broad SMARTS) is 1. The van der Waals surface area contributed by atoms with Crippen molar-refractivity contribution in [2.24, 2.45) is 17.8 Å². The molecule has 0 heterocycles. The summed E-state index contributed by atoms with van der Waals surface area (Å²) < 4.78 is 4.80. The molecule has 4 atom stereocenters. The molecule has 2 N–H and O–H groups in total. The Bertz CT molecular complexity index is 377. The van der Waals surface area contributed by atoms with E-state index in [1.54, 1.807) is 0 Å². The summed E-state index contributed by atoms with van der Waals surface area (Å²) in [5.41, 5.74) is 0. The van der Waals surface area contributed by atoms with Crippen LogP contribution in [0.15, 0.2) is 24.8 Å². The maximum Gasteiger partial charge on any atom is 0.407 e. The van der Waals surface area contributed by atoms with Gasteiger partial charge >= 0.3 is 12.1 Å². The highest BCUT2D eigenvalue weighted by atomic mass is 16.5. The first-order valence-corrected chi connectivity index (χ1v) is 5.58. The molecule has 2 bridgehead atoms. The van der Waals surface area contributed by atoms with Gasteiger partial charge in [0.15, 0.2) is 0 Å². The summed E-state index contributed by atoms with van der Waals surface area (Å²) in [6.45, 7) is 3.56. The topological polar surface area (TPSA) is 75.6 Å². The second-order valence-electron chi connectivity index (χ2n) is 4.37. The fourth-order valence-corrected chi connectivity index (χ4v) is 2.67. The summed E-state index contributed by atoms with van der Waals surface area (Å²) in [6, 6.07) is -0.361. The van der Waals surface area contributed by atoms with Gasteiger partial charge in [-0.1, -0.05) is 24.8 Å². The smallest absolute Gasteiger partial charge is 0.407 e. The van der Waals surface area contributed by atoms with Crippen LogP contribution < -0.4 is 5.32 Å². The van der Waals surface area contributed by atoms with Gasteiger partial charge in [0.05, 0.1) is 12.0 Å². The van der Waals surface area contributed by atoms with E-state index in [0.717, 1.165) is 6.42 Å². The number of hydrogen-bond acceptors (Lipinski definition) is 3. The molecule has 1 amide bonds. The minimum absolute atomic E-state index is 0.0298. The Hall–Kier alpha value is -1.78. The zero-order valence-electron chi connectivity index (χ0n) is 9.33. The summed E-state index contributed by atoms with van der Waals surface area (Å²) in [6.07, 6.45) is 5.58. The third-order valence-electron chi connectivity index (χ3n) is 3.36. The molecule has 0 aliphatic heterocycles. The van der Waals surface area contributed by atoms with Crippen molar-refractivity contribution in [1.29, 1.82) is 0 Å².